The van der Waals surface area contributed by atoms with Crippen LogP contribution in [0.1, 0.15) is 50.7 Å². The van der Waals surface area contributed by atoms with Gasteiger partial charge < -0.3 is 24.8 Å². The molecule has 0 aromatic heterocycles. The first kappa shape index (κ1) is 50.0. The molecule has 0 saturated heterocycles. The van der Waals surface area contributed by atoms with Crippen molar-refractivity contribution in [2.24, 2.45) is 0 Å². The molecule has 0 fully saturated rings. The first-order valence-corrected chi connectivity index (χ1v) is 18.8. The Morgan fingerprint density at radius 3 is 0.909 bits per heavy atom. The summed E-state index contributed by atoms with van der Waals surface area (Å²) >= 11 is 0. The summed E-state index contributed by atoms with van der Waals surface area (Å²) in [6.45, 7) is 13.0. The Morgan fingerprint density at radius 2 is 0.727 bits per heavy atom. The fourth-order valence-corrected chi connectivity index (χ4v) is 3.47. The van der Waals surface area contributed by atoms with Gasteiger partial charge in [-0.25, -0.2) is 23.3 Å². The molecule has 6 rings (SSSR count). The van der Waals surface area contributed by atoms with E-state index >= 15 is 0 Å². The summed E-state index contributed by atoms with van der Waals surface area (Å²) in [5, 5.41) is 0. The monoisotopic (exact) mass is 988 g/mol. The largest absolute Gasteiger partial charge is 1.00 e. The van der Waals surface area contributed by atoms with Crippen LogP contribution in [0, 0.1) is 24.3 Å². The molecule has 0 heterocycles. The molecule has 2 aromatic carbocycles. The molecule has 0 unspecified atom stereocenters. The molecule has 0 saturated carbocycles. The maximum atomic E-state index is 3.28. The van der Waals surface area contributed by atoms with Crippen molar-refractivity contribution in [1.82, 2.24) is 0 Å². The minimum Gasteiger partial charge on any atom is -1.00 e. The van der Waals surface area contributed by atoms with Gasteiger partial charge in [0.15, 0.2) is 0 Å². The molecule has 2 radical (unpaired) electrons. The zero-order valence-electron chi connectivity index (χ0n) is 27.1. The predicted octanol–water partition coefficient (Wildman–Crippen LogP) is 4.10. The summed E-state index contributed by atoms with van der Waals surface area (Å²) in [7, 11) is 1.50. The SMILES string of the molecule is CC1=[C-]CC=C1.CC1=[C-]CC=C1.C[SiH]C.C[SiH]C.[C-]1=C(c2ccccc2)C=CC1.[C-]1=C(c2ccccc2)C=CC1.[Cl-].[Cl-].[Hf].[Hf]. The van der Waals surface area contributed by atoms with Crippen LogP contribution in [-0.2, 0) is 51.7 Å². The summed E-state index contributed by atoms with van der Waals surface area (Å²) in [5.74, 6) is 0. The summed E-state index contributed by atoms with van der Waals surface area (Å²) in [6, 6.07) is 20.7. The summed E-state index contributed by atoms with van der Waals surface area (Å²) < 4.78 is 0. The van der Waals surface area contributed by atoms with Crippen LogP contribution >= 0.6 is 0 Å². The van der Waals surface area contributed by atoms with E-state index in [1.807, 2.05) is 12.1 Å². The molecule has 234 valence electrons. The van der Waals surface area contributed by atoms with E-state index in [-0.39, 0.29) is 76.5 Å². The Labute approximate surface area is 325 Å². The van der Waals surface area contributed by atoms with Crippen molar-refractivity contribution in [3.05, 3.63) is 156 Å². The summed E-state index contributed by atoms with van der Waals surface area (Å²) in [4.78, 5) is 0. The van der Waals surface area contributed by atoms with E-state index in [1.54, 1.807) is 0 Å². The van der Waals surface area contributed by atoms with Crippen LogP contribution in [0.25, 0.3) is 11.1 Å². The van der Waals surface area contributed by atoms with Crippen molar-refractivity contribution >= 4 is 30.2 Å². The van der Waals surface area contributed by atoms with Crippen molar-refractivity contribution < 1.29 is 76.5 Å². The number of benzene rings is 2. The van der Waals surface area contributed by atoms with Gasteiger partial charge >= 0.3 is 0 Å². The van der Waals surface area contributed by atoms with Gasteiger partial charge in [-0.1, -0.05) is 89.3 Å². The van der Waals surface area contributed by atoms with Crippen LogP contribution in [0.2, 0.25) is 26.2 Å². The van der Waals surface area contributed by atoms with E-state index < -0.39 is 0 Å². The molecule has 0 N–H and O–H groups in total. The number of allylic oxidation sites excluding steroid dienone is 16. The Kier molecular flexibility index (Phi) is 39.7. The van der Waals surface area contributed by atoms with E-state index in [0.717, 1.165) is 44.7 Å². The van der Waals surface area contributed by atoms with Crippen molar-refractivity contribution in [2.45, 2.75) is 65.7 Å². The second-order valence-electron chi connectivity index (χ2n) is 9.21. The molecule has 4 aliphatic rings. The zero-order valence-corrected chi connectivity index (χ0v) is 38.1. The Balaban J connectivity index is -0.000000228. The third kappa shape index (κ3) is 25.3. The van der Waals surface area contributed by atoms with Gasteiger partial charge in [0.1, 0.15) is 0 Å². The molecule has 2 aromatic rings. The van der Waals surface area contributed by atoms with Crippen LogP contribution in [0.15, 0.2) is 120 Å². The van der Waals surface area contributed by atoms with Gasteiger partial charge in [-0.3, -0.25) is 12.2 Å². The maximum Gasteiger partial charge on any atom is 0.0213 e. The molecule has 44 heavy (non-hydrogen) atoms. The second kappa shape index (κ2) is 35.0. The van der Waals surface area contributed by atoms with Crippen molar-refractivity contribution in [3.8, 4) is 0 Å². The van der Waals surface area contributed by atoms with Crippen LogP contribution in [0.4, 0.5) is 0 Å². The number of rotatable bonds is 2. The van der Waals surface area contributed by atoms with E-state index in [2.05, 4.69) is 161 Å². The number of hydrogen-bond acceptors (Lipinski definition) is 0. The first-order chi connectivity index (χ1) is 19.5. The average molecular weight is 987 g/mol. The Bertz CT molecular complexity index is 1090. The zero-order chi connectivity index (χ0) is 29.3. The Morgan fingerprint density at radius 1 is 0.455 bits per heavy atom. The van der Waals surface area contributed by atoms with Gasteiger partial charge in [-0.15, -0.1) is 60.4 Å². The van der Waals surface area contributed by atoms with Crippen LogP contribution in [-0.4, -0.2) is 19.0 Å². The number of halogens is 2. The second-order valence-corrected chi connectivity index (χ2v) is 11.5. The predicted molar refractivity (Wildman–Crippen MR) is 184 cm³/mol. The third-order valence-electron chi connectivity index (χ3n) is 5.29. The minimum atomic E-state index is 0. The topological polar surface area (TPSA) is 0 Å². The van der Waals surface area contributed by atoms with E-state index in [1.165, 1.54) is 33.4 Å². The van der Waals surface area contributed by atoms with Gasteiger partial charge in [-0.05, 0) is 0 Å². The van der Waals surface area contributed by atoms with Crippen LogP contribution in [0.3, 0.4) is 0 Å². The van der Waals surface area contributed by atoms with Crippen LogP contribution < -0.4 is 24.8 Å². The fraction of sp³-hybridized carbons (Fsp3) is 0.263. The van der Waals surface area contributed by atoms with E-state index in [0.29, 0.717) is 0 Å². The summed E-state index contributed by atoms with van der Waals surface area (Å²) in [6.07, 6.45) is 33.6. The number of hydrogen-bond donors (Lipinski definition) is 0. The van der Waals surface area contributed by atoms with Crippen molar-refractivity contribution in [2.75, 3.05) is 0 Å². The molecule has 6 heteroatoms. The first-order valence-electron chi connectivity index (χ1n) is 14.2. The van der Waals surface area contributed by atoms with Gasteiger partial charge in [-0.2, -0.15) is 47.6 Å². The van der Waals surface area contributed by atoms with E-state index in [9.17, 15) is 0 Å². The summed E-state index contributed by atoms with van der Waals surface area (Å²) in [5.41, 5.74) is 7.53. The van der Waals surface area contributed by atoms with Crippen LogP contribution in [0.5, 0.6) is 0 Å². The standard InChI is InChI=1S/2C11H9.2C6H7.2C2H7Si.2ClH.2Hf/c2*1-2-6-10(7-3-1)11-8-4-5-9-11;2*1-6-4-2-3-5-6;2*1-3-2;;;;/h2*1-4,6-8H,5H2;2*2,4H,3H2,1H3;2*3H,1-2H3;2*1H;;/q4*-1;;;;;;/p-2. The fourth-order valence-electron chi connectivity index (χ4n) is 3.47. The third-order valence-corrected chi connectivity index (χ3v) is 5.29. The molecular weight excluding hydrogens is 940 g/mol. The van der Waals surface area contributed by atoms with Gasteiger partial charge in [0.2, 0.25) is 0 Å². The molecular formula is C38H46Cl2Hf2Si2-6. The van der Waals surface area contributed by atoms with Gasteiger partial charge in [0.05, 0.1) is 0 Å². The maximum absolute atomic E-state index is 3.28. The molecule has 0 aliphatic heterocycles. The molecule has 0 nitrogen and oxygen atoms in total. The van der Waals surface area contributed by atoms with Gasteiger partial charge in [0.25, 0.3) is 0 Å². The molecule has 0 bridgehead atoms. The normalized spacial score (nSPS) is 13.4. The van der Waals surface area contributed by atoms with E-state index in [4.69, 9.17) is 0 Å². The van der Waals surface area contributed by atoms with Gasteiger partial charge in [0, 0.05) is 70.7 Å². The minimum absolute atomic E-state index is 0. The smallest absolute Gasteiger partial charge is 0.0213 e. The van der Waals surface area contributed by atoms with Crippen molar-refractivity contribution in [3.63, 3.8) is 0 Å². The molecule has 0 spiro atoms. The van der Waals surface area contributed by atoms with Crippen molar-refractivity contribution in [1.29, 1.82) is 0 Å². The Hall–Kier alpha value is -0.886. The molecule has 0 atom stereocenters. The molecule has 0 amide bonds. The molecule has 4 aliphatic carbocycles. The average Bonchev–Trinajstić information content (AvgIpc) is 3.81. The quantitative estimate of drug-likeness (QED) is 0.315.